The zero-order chi connectivity index (χ0) is 15.6. The number of nitrogens with zero attached hydrogens (tertiary/aromatic N) is 1. The number of anilines is 1. The molecule has 0 saturated carbocycles. The maximum Gasteiger partial charge on any atom is 0.262 e. The maximum atomic E-state index is 12.5. The van der Waals surface area contributed by atoms with E-state index in [4.69, 9.17) is 11.6 Å². The third-order valence-corrected chi connectivity index (χ3v) is 4.73. The van der Waals surface area contributed by atoms with Gasteiger partial charge in [0.15, 0.2) is 0 Å². The van der Waals surface area contributed by atoms with E-state index in [2.05, 4.69) is 9.71 Å². The summed E-state index contributed by atoms with van der Waals surface area (Å²) in [4.78, 5) is 3.89. The second-order valence-corrected chi connectivity index (χ2v) is 7.18. The first-order chi connectivity index (χ1) is 9.81. The zero-order valence-electron chi connectivity index (χ0n) is 12.1. The average molecular weight is 325 g/mol. The number of pyridine rings is 1. The fourth-order valence-electron chi connectivity index (χ4n) is 2.06. The van der Waals surface area contributed by atoms with E-state index < -0.39 is 10.0 Å². The number of para-hydroxylation sites is 1. The Morgan fingerprint density at radius 3 is 2.57 bits per heavy atom. The molecule has 0 atom stereocenters. The molecule has 6 heteroatoms. The summed E-state index contributed by atoms with van der Waals surface area (Å²) in [5, 5.41) is 0.145. The Hall–Kier alpha value is -1.59. The van der Waals surface area contributed by atoms with E-state index in [0.29, 0.717) is 5.69 Å². The minimum Gasteiger partial charge on any atom is -0.279 e. The van der Waals surface area contributed by atoms with Gasteiger partial charge in [-0.2, -0.15) is 0 Å². The van der Waals surface area contributed by atoms with Crippen LogP contribution in [0.15, 0.2) is 41.4 Å². The SMILES string of the molecule is Cc1cccc(C(C)C)c1NS(=O)(=O)c1ccnc(Cl)c1. The van der Waals surface area contributed by atoms with E-state index in [-0.39, 0.29) is 16.0 Å². The molecular formula is C15H17ClN2O2S. The molecule has 21 heavy (non-hydrogen) atoms. The van der Waals surface area contributed by atoms with Gasteiger partial charge in [0.2, 0.25) is 0 Å². The topological polar surface area (TPSA) is 59.1 Å². The van der Waals surface area contributed by atoms with Crippen LogP contribution in [0.1, 0.15) is 30.9 Å². The highest BCUT2D eigenvalue weighted by Gasteiger charge is 2.18. The van der Waals surface area contributed by atoms with Crippen molar-refractivity contribution in [1.82, 2.24) is 4.98 Å². The standard InChI is InChI=1S/C15H17ClN2O2S/c1-10(2)13-6-4-5-11(3)15(13)18-21(19,20)12-7-8-17-14(16)9-12/h4-10,18H,1-3H3. The van der Waals surface area contributed by atoms with E-state index in [9.17, 15) is 8.42 Å². The normalized spacial score (nSPS) is 11.7. The summed E-state index contributed by atoms with van der Waals surface area (Å²) >= 11 is 5.76. The molecule has 1 aromatic carbocycles. The lowest BCUT2D eigenvalue weighted by atomic mass is 9.99. The van der Waals surface area contributed by atoms with Gasteiger partial charge in [-0.25, -0.2) is 13.4 Å². The van der Waals surface area contributed by atoms with Gasteiger partial charge in [-0.1, -0.05) is 43.6 Å². The molecule has 1 aromatic heterocycles. The van der Waals surface area contributed by atoms with Crippen molar-refractivity contribution in [3.8, 4) is 0 Å². The van der Waals surface area contributed by atoms with Crippen molar-refractivity contribution in [2.24, 2.45) is 0 Å². The minimum absolute atomic E-state index is 0.0976. The predicted molar refractivity (Wildman–Crippen MR) is 85.3 cm³/mol. The van der Waals surface area contributed by atoms with E-state index >= 15 is 0 Å². The molecule has 2 rings (SSSR count). The largest absolute Gasteiger partial charge is 0.279 e. The van der Waals surface area contributed by atoms with Crippen LogP contribution < -0.4 is 4.72 Å². The molecule has 0 aliphatic rings. The van der Waals surface area contributed by atoms with Crippen LogP contribution in [0.3, 0.4) is 0 Å². The van der Waals surface area contributed by atoms with Crippen molar-refractivity contribution >= 4 is 27.3 Å². The number of hydrogen-bond donors (Lipinski definition) is 1. The zero-order valence-corrected chi connectivity index (χ0v) is 13.7. The van der Waals surface area contributed by atoms with Crippen LogP contribution in [0, 0.1) is 6.92 Å². The van der Waals surface area contributed by atoms with Crippen LogP contribution in [0.25, 0.3) is 0 Å². The number of benzene rings is 1. The highest BCUT2D eigenvalue weighted by Crippen LogP contribution is 2.29. The number of nitrogens with one attached hydrogen (secondary N) is 1. The van der Waals surface area contributed by atoms with Crippen molar-refractivity contribution < 1.29 is 8.42 Å². The average Bonchev–Trinajstić information content (AvgIpc) is 2.40. The molecule has 112 valence electrons. The third-order valence-electron chi connectivity index (χ3n) is 3.17. The van der Waals surface area contributed by atoms with Crippen LogP contribution in [-0.4, -0.2) is 13.4 Å². The lowest BCUT2D eigenvalue weighted by Gasteiger charge is -2.17. The summed E-state index contributed by atoms with van der Waals surface area (Å²) in [7, 11) is -3.69. The van der Waals surface area contributed by atoms with Gasteiger partial charge in [-0.05, 0) is 36.1 Å². The van der Waals surface area contributed by atoms with Gasteiger partial charge in [-0.15, -0.1) is 0 Å². The molecule has 0 fully saturated rings. The van der Waals surface area contributed by atoms with E-state index in [1.807, 2.05) is 39.0 Å². The van der Waals surface area contributed by atoms with Crippen molar-refractivity contribution in [3.05, 3.63) is 52.8 Å². The van der Waals surface area contributed by atoms with Crippen LogP contribution >= 0.6 is 11.6 Å². The summed E-state index contributed by atoms with van der Waals surface area (Å²) < 4.78 is 27.6. The molecule has 0 amide bonds. The van der Waals surface area contributed by atoms with Gasteiger partial charge in [0.05, 0.1) is 10.6 Å². The Balaban J connectivity index is 2.47. The van der Waals surface area contributed by atoms with E-state index in [0.717, 1.165) is 11.1 Å². The molecular weight excluding hydrogens is 308 g/mol. The number of aromatic nitrogens is 1. The van der Waals surface area contributed by atoms with Gasteiger partial charge >= 0.3 is 0 Å². The van der Waals surface area contributed by atoms with E-state index in [1.165, 1.54) is 18.3 Å². The van der Waals surface area contributed by atoms with Gasteiger partial charge < -0.3 is 0 Å². The monoisotopic (exact) mass is 324 g/mol. The Labute approximate surface area is 130 Å². The Bertz CT molecular complexity index is 758. The first-order valence-corrected chi connectivity index (χ1v) is 8.41. The molecule has 1 heterocycles. The highest BCUT2D eigenvalue weighted by molar-refractivity contribution is 7.92. The number of sulfonamides is 1. The van der Waals surface area contributed by atoms with Crippen molar-refractivity contribution in [1.29, 1.82) is 0 Å². The Morgan fingerprint density at radius 1 is 1.24 bits per heavy atom. The molecule has 2 aromatic rings. The summed E-state index contributed by atoms with van der Waals surface area (Å²) in [5.41, 5.74) is 2.46. The van der Waals surface area contributed by atoms with Gasteiger partial charge in [0.1, 0.15) is 5.15 Å². The van der Waals surface area contributed by atoms with Gasteiger partial charge in [-0.3, -0.25) is 4.72 Å². The van der Waals surface area contributed by atoms with Crippen LogP contribution in [0.2, 0.25) is 5.15 Å². The molecule has 0 radical (unpaired) electrons. The molecule has 4 nitrogen and oxygen atoms in total. The predicted octanol–water partition coefficient (Wildman–Crippen LogP) is 3.97. The third kappa shape index (κ3) is 3.54. The lowest BCUT2D eigenvalue weighted by Crippen LogP contribution is -2.15. The molecule has 0 saturated heterocycles. The lowest BCUT2D eigenvalue weighted by molar-refractivity contribution is 0.601. The van der Waals surface area contributed by atoms with Gasteiger partial charge in [0, 0.05) is 6.20 Å². The smallest absolute Gasteiger partial charge is 0.262 e. The summed E-state index contributed by atoms with van der Waals surface area (Å²) in [6.45, 7) is 5.93. The van der Waals surface area contributed by atoms with Gasteiger partial charge in [0.25, 0.3) is 10.0 Å². The minimum atomic E-state index is -3.69. The fraction of sp³-hybridized carbons (Fsp3) is 0.267. The second kappa shape index (κ2) is 6.03. The maximum absolute atomic E-state index is 12.5. The Morgan fingerprint density at radius 2 is 1.95 bits per heavy atom. The molecule has 1 N–H and O–H groups in total. The fourth-order valence-corrected chi connectivity index (χ4v) is 3.47. The molecule has 0 aliphatic heterocycles. The second-order valence-electron chi connectivity index (χ2n) is 5.11. The first kappa shape index (κ1) is 15.8. The Kier molecular flexibility index (Phi) is 4.54. The highest BCUT2D eigenvalue weighted by atomic mass is 35.5. The molecule has 0 aliphatic carbocycles. The van der Waals surface area contributed by atoms with Crippen LogP contribution in [0.5, 0.6) is 0 Å². The number of halogens is 1. The first-order valence-electron chi connectivity index (χ1n) is 6.55. The summed E-state index contributed by atoms with van der Waals surface area (Å²) in [6.07, 6.45) is 1.37. The molecule has 0 bridgehead atoms. The van der Waals surface area contributed by atoms with E-state index in [1.54, 1.807) is 0 Å². The quantitative estimate of drug-likeness (QED) is 0.866. The number of aryl methyl sites for hydroxylation is 1. The number of hydrogen-bond acceptors (Lipinski definition) is 3. The van der Waals surface area contributed by atoms with Crippen molar-refractivity contribution in [2.75, 3.05) is 4.72 Å². The van der Waals surface area contributed by atoms with Crippen molar-refractivity contribution in [3.63, 3.8) is 0 Å². The van der Waals surface area contributed by atoms with Crippen LogP contribution in [0.4, 0.5) is 5.69 Å². The molecule has 0 unspecified atom stereocenters. The van der Waals surface area contributed by atoms with Crippen molar-refractivity contribution in [2.45, 2.75) is 31.6 Å². The molecule has 0 spiro atoms. The van der Waals surface area contributed by atoms with Crippen LogP contribution in [-0.2, 0) is 10.0 Å². The summed E-state index contributed by atoms with van der Waals surface area (Å²) in [5.74, 6) is 0.212. The summed E-state index contributed by atoms with van der Waals surface area (Å²) in [6, 6.07) is 8.48. The number of rotatable bonds is 4.